The van der Waals surface area contributed by atoms with Gasteiger partial charge in [-0.3, -0.25) is 9.59 Å². The highest BCUT2D eigenvalue weighted by molar-refractivity contribution is 5.93. The van der Waals surface area contributed by atoms with Gasteiger partial charge in [-0.15, -0.1) is 0 Å². The van der Waals surface area contributed by atoms with Crippen LogP contribution >= 0.6 is 0 Å². The van der Waals surface area contributed by atoms with Gasteiger partial charge in [0.15, 0.2) is 0 Å². The van der Waals surface area contributed by atoms with Crippen LogP contribution in [0, 0.1) is 0 Å². The summed E-state index contributed by atoms with van der Waals surface area (Å²) < 4.78 is 9.93. The van der Waals surface area contributed by atoms with Gasteiger partial charge in [0.1, 0.15) is 23.7 Å². The van der Waals surface area contributed by atoms with Gasteiger partial charge in [0, 0.05) is 12.1 Å². The molecule has 0 aliphatic carbocycles. The minimum Gasteiger partial charge on any atom is -0.495 e. The smallest absolute Gasteiger partial charge is 0.310 e. The number of benzene rings is 1. The van der Waals surface area contributed by atoms with E-state index in [9.17, 15) is 9.59 Å². The molecule has 1 aromatic rings. The number of hydrogen-bond acceptors (Lipinski definition) is 6. The highest BCUT2D eigenvalue weighted by Crippen LogP contribution is 2.31. The Morgan fingerprint density at radius 1 is 1.11 bits per heavy atom. The summed E-state index contributed by atoms with van der Waals surface area (Å²) in [5.74, 6) is -0.249. The van der Waals surface area contributed by atoms with Gasteiger partial charge >= 0.3 is 5.97 Å². The number of methoxy groups -OCH3 is 2. The Hall–Kier alpha value is -2.44. The van der Waals surface area contributed by atoms with Crippen molar-refractivity contribution in [2.45, 2.75) is 13.3 Å². The molecule has 0 heterocycles. The second kappa shape index (κ2) is 7.80. The number of nitrogen functional groups attached to an aromatic ring is 2. The lowest BCUT2D eigenvalue weighted by Crippen LogP contribution is -2.00. The van der Waals surface area contributed by atoms with Crippen molar-refractivity contribution in [3.05, 3.63) is 12.1 Å². The minimum atomic E-state index is -1.06. The molecule has 7 nitrogen and oxygen atoms in total. The summed E-state index contributed by atoms with van der Waals surface area (Å²) >= 11 is 0. The van der Waals surface area contributed by atoms with Crippen molar-refractivity contribution in [1.29, 1.82) is 0 Å². The lowest BCUT2D eigenvalue weighted by Gasteiger charge is -2.08. The average Bonchev–Trinajstić information content (AvgIpc) is 2.30. The van der Waals surface area contributed by atoms with E-state index in [1.165, 1.54) is 21.1 Å². The van der Waals surface area contributed by atoms with E-state index in [0.29, 0.717) is 22.9 Å². The van der Waals surface area contributed by atoms with Crippen LogP contribution in [0.4, 0.5) is 11.4 Å². The lowest BCUT2D eigenvalue weighted by molar-refractivity contribution is -0.139. The number of Topliss-reactive ketones (excluding diaryl/α,β-unsaturated/α-hetero) is 1. The van der Waals surface area contributed by atoms with Gasteiger partial charge in [-0.2, -0.15) is 0 Å². The number of rotatable bonds is 4. The number of ketones is 1. The molecule has 0 bridgehead atoms. The van der Waals surface area contributed by atoms with Gasteiger partial charge in [-0.25, -0.2) is 0 Å². The molecule has 0 amide bonds. The van der Waals surface area contributed by atoms with Crippen LogP contribution in [0.3, 0.4) is 0 Å². The van der Waals surface area contributed by atoms with E-state index in [0.717, 1.165) is 0 Å². The molecule has 0 saturated carbocycles. The fourth-order valence-electron chi connectivity index (χ4n) is 1.16. The number of anilines is 2. The summed E-state index contributed by atoms with van der Waals surface area (Å²) in [6.45, 7) is 1.24. The lowest BCUT2D eigenvalue weighted by atomic mass is 10.2. The van der Waals surface area contributed by atoms with Crippen LogP contribution in [0.25, 0.3) is 0 Å². The molecule has 0 radical (unpaired) electrons. The average molecular weight is 270 g/mol. The maximum Gasteiger partial charge on any atom is 0.310 e. The highest BCUT2D eigenvalue weighted by atomic mass is 16.5. The molecular formula is C12H18N2O5. The zero-order valence-electron chi connectivity index (χ0n) is 11.1. The Balaban J connectivity index is 0.000000399. The molecule has 0 aromatic heterocycles. The van der Waals surface area contributed by atoms with E-state index < -0.39 is 5.97 Å². The normalized spacial score (nSPS) is 9.00. The third-order valence-electron chi connectivity index (χ3n) is 1.98. The molecule has 0 saturated heterocycles. The van der Waals surface area contributed by atoms with Crippen LogP contribution < -0.4 is 20.9 Å². The van der Waals surface area contributed by atoms with Crippen LogP contribution in [0.2, 0.25) is 0 Å². The van der Waals surface area contributed by atoms with Crippen LogP contribution in [0.5, 0.6) is 11.5 Å². The van der Waals surface area contributed by atoms with Crippen molar-refractivity contribution in [2.24, 2.45) is 0 Å². The van der Waals surface area contributed by atoms with Crippen molar-refractivity contribution < 1.29 is 24.2 Å². The number of carbonyl (C=O) groups is 2. The van der Waals surface area contributed by atoms with Crippen LogP contribution in [-0.2, 0) is 9.59 Å². The summed E-state index contributed by atoms with van der Waals surface area (Å²) in [5, 5.41) is 7.86. The predicted octanol–water partition coefficient (Wildman–Crippen LogP) is 0.918. The van der Waals surface area contributed by atoms with Gasteiger partial charge in [-0.05, 0) is 6.92 Å². The summed E-state index contributed by atoms with van der Waals surface area (Å²) in [4.78, 5) is 19.5. The zero-order chi connectivity index (χ0) is 15.0. The second-order valence-electron chi connectivity index (χ2n) is 3.61. The van der Waals surface area contributed by atoms with Crippen molar-refractivity contribution >= 4 is 23.1 Å². The molecule has 19 heavy (non-hydrogen) atoms. The Morgan fingerprint density at radius 3 is 1.63 bits per heavy atom. The van der Waals surface area contributed by atoms with E-state index in [-0.39, 0.29) is 12.2 Å². The summed E-state index contributed by atoms with van der Waals surface area (Å²) in [5.41, 5.74) is 12.3. The Kier molecular flexibility index (Phi) is 6.80. The highest BCUT2D eigenvalue weighted by Gasteiger charge is 2.05. The zero-order valence-corrected chi connectivity index (χ0v) is 11.1. The molecule has 0 atom stereocenters. The van der Waals surface area contributed by atoms with E-state index >= 15 is 0 Å². The fraction of sp³-hybridized carbons (Fsp3) is 0.333. The van der Waals surface area contributed by atoms with Crippen molar-refractivity contribution in [3.63, 3.8) is 0 Å². The summed E-state index contributed by atoms with van der Waals surface area (Å²) in [6, 6.07) is 3.27. The largest absolute Gasteiger partial charge is 0.495 e. The first-order valence-electron chi connectivity index (χ1n) is 5.30. The third kappa shape index (κ3) is 6.16. The molecule has 0 unspecified atom stereocenters. The first-order valence-corrected chi connectivity index (χ1v) is 5.30. The molecule has 7 heteroatoms. The molecular weight excluding hydrogens is 252 g/mol. The molecule has 106 valence electrons. The number of carboxylic acid groups (broad SMARTS) is 1. The van der Waals surface area contributed by atoms with Gasteiger partial charge in [-0.1, -0.05) is 0 Å². The summed E-state index contributed by atoms with van der Waals surface area (Å²) in [6.07, 6.45) is -0.361. The Morgan fingerprint density at radius 2 is 1.47 bits per heavy atom. The molecule has 0 aliphatic heterocycles. The topological polar surface area (TPSA) is 125 Å². The van der Waals surface area contributed by atoms with E-state index in [1.807, 2.05) is 0 Å². The molecule has 1 aromatic carbocycles. The molecule has 0 fully saturated rings. The second-order valence-corrected chi connectivity index (χ2v) is 3.61. The molecule has 1 rings (SSSR count). The number of ether oxygens (including phenoxy) is 2. The van der Waals surface area contributed by atoms with Gasteiger partial charge < -0.3 is 26.0 Å². The number of aliphatic carboxylic acids is 1. The van der Waals surface area contributed by atoms with Crippen molar-refractivity contribution in [2.75, 3.05) is 25.7 Å². The monoisotopic (exact) mass is 270 g/mol. The van der Waals surface area contributed by atoms with Gasteiger partial charge in [0.05, 0.1) is 25.6 Å². The van der Waals surface area contributed by atoms with Crippen molar-refractivity contribution in [3.8, 4) is 11.5 Å². The maximum atomic E-state index is 9.87. The molecule has 5 N–H and O–H groups in total. The van der Waals surface area contributed by atoms with Crippen LogP contribution in [0.15, 0.2) is 12.1 Å². The fourth-order valence-corrected chi connectivity index (χ4v) is 1.16. The van der Waals surface area contributed by atoms with Crippen molar-refractivity contribution in [1.82, 2.24) is 0 Å². The van der Waals surface area contributed by atoms with E-state index in [1.54, 1.807) is 12.1 Å². The Bertz CT molecular complexity index is 418. The van der Waals surface area contributed by atoms with Crippen LogP contribution in [-0.4, -0.2) is 31.1 Å². The Labute approximate surface area is 111 Å². The van der Waals surface area contributed by atoms with Gasteiger partial charge in [0.25, 0.3) is 0 Å². The predicted molar refractivity (Wildman–Crippen MR) is 71.3 cm³/mol. The summed E-state index contributed by atoms with van der Waals surface area (Å²) in [7, 11) is 3.08. The first-order chi connectivity index (χ1) is 8.81. The quantitative estimate of drug-likeness (QED) is 0.548. The first kappa shape index (κ1) is 16.6. The molecule has 0 aliphatic rings. The van der Waals surface area contributed by atoms with Gasteiger partial charge in [0.2, 0.25) is 0 Å². The number of carboxylic acids is 1. The SMILES string of the molecule is CC(=O)CC(=O)O.COc1cc(N)c(OC)cc1N. The number of hydrogen-bond donors (Lipinski definition) is 3. The van der Waals surface area contributed by atoms with E-state index in [2.05, 4.69) is 0 Å². The molecule has 0 spiro atoms. The third-order valence-corrected chi connectivity index (χ3v) is 1.98. The standard InChI is InChI=1S/C8H12N2O2.C4H6O3/c1-11-7-3-6(10)8(12-2)4-5(7)9;1-3(5)2-4(6)7/h3-4H,9-10H2,1-2H3;2H2,1H3,(H,6,7). The number of carbonyl (C=O) groups excluding carboxylic acids is 1. The minimum absolute atomic E-state index is 0.312. The number of nitrogens with two attached hydrogens (primary N) is 2. The van der Waals surface area contributed by atoms with Crippen LogP contribution in [0.1, 0.15) is 13.3 Å². The van der Waals surface area contributed by atoms with E-state index in [4.69, 9.17) is 26.0 Å². The maximum absolute atomic E-state index is 9.87.